The molecule has 3 aromatic heterocycles. The Bertz CT molecular complexity index is 778. The standard InChI is InChI=1S/C15H18N8O/c1-3-13(24-8-1)11-22-10-12(19-21-22)9-18-14-4-7-23(20-14)15-16-5-2-6-17-15/h2,4-7,10,13H,1,3,8-9,11H2,(H,18,20). The molecule has 9 heteroatoms. The highest BCUT2D eigenvalue weighted by Crippen LogP contribution is 2.13. The zero-order valence-corrected chi connectivity index (χ0v) is 13.1. The summed E-state index contributed by atoms with van der Waals surface area (Å²) < 4.78 is 9.07. The summed E-state index contributed by atoms with van der Waals surface area (Å²) in [5.41, 5.74) is 0.860. The molecule has 0 amide bonds. The van der Waals surface area contributed by atoms with Crippen LogP contribution in [0.4, 0.5) is 5.82 Å². The third-order valence-corrected chi connectivity index (χ3v) is 3.80. The molecule has 1 fully saturated rings. The van der Waals surface area contributed by atoms with Gasteiger partial charge in [0.1, 0.15) is 11.5 Å². The summed E-state index contributed by atoms with van der Waals surface area (Å²) in [7, 11) is 0. The van der Waals surface area contributed by atoms with Crippen LogP contribution in [-0.4, -0.2) is 47.5 Å². The van der Waals surface area contributed by atoms with E-state index in [9.17, 15) is 0 Å². The Morgan fingerprint density at radius 2 is 2.21 bits per heavy atom. The maximum absolute atomic E-state index is 5.61. The van der Waals surface area contributed by atoms with Gasteiger partial charge in [0, 0.05) is 31.3 Å². The molecule has 0 radical (unpaired) electrons. The van der Waals surface area contributed by atoms with Crippen molar-refractivity contribution in [3.63, 3.8) is 0 Å². The van der Waals surface area contributed by atoms with Crippen molar-refractivity contribution in [1.82, 2.24) is 34.7 Å². The first-order chi connectivity index (χ1) is 11.9. The second kappa shape index (κ2) is 6.75. The summed E-state index contributed by atoms with van der Waals surface area (Å²) in [5.74, 6) is 1.27. The summed E-state index contributed by atoms with van der Waals surface area (Å²) >= 11 is 0. The molecule has 4 heterocycles. The van der Waals surface area contributed by atoms with E-state index < -0.39 is 0 Å². The van der Waals surface area contributed by atoms with Crippen molar-refractivity contribution in [2.24, 2.45) is 0 Å². The molecule has 4 rings (SSSR count). The highest BCUT2D eigenvalue weighted by atomic mass is 16.5. The predicted molar refractivity (Wildman–Crippen MR) is 85.5 cm³/mol. The van der Waals surface area contributed by atoms with Crippen LogP contribution in [0.25, 0.3) is 5.95 Å². The number of nitrogens with one attached hydrogen (secondary N) is 1. The van der Waals surface area contributed by atoms with E-state index in [1.54, 1.807) is 23.1 Å². The fourth-order valence-corrected chi connectivity index (χ4v) is 2.63. The van der Waals surface area contributed by atoms with Crippen molar-refractivity contribution in [3.05, 3.63) is 42.6 Å². The Hall–Kier alpha value is -2.81. The van der Waals surface area contributed by atoms with Crippen LogP contribution in [0.2, 0.25) is 0 Å². The predicted octanol–water partition coefficient (Wildman–Crippen LogP) is 1.04. The van der Waals surface area contributed by atoms with Gasteiger partial charge in [0.25, 0.3) is 0 Å². The van der Waals surface area contributed by atoms with Gasteiger partial charge in [-0.05, 0) is 18.9 Å². The van der Waals surface area contributed by atoms with Crippen molar-refractivity contribution in [1.29, 1.82) is 0 Å². The van der Waals surface area contributed by atoms with E-state index >= 15 is 0 Å². The van der Waals surface area contributed by atoms with E-state index in [0.29, 0.717) is 12.5 Å². The van der Waals surface area contributed by atoms with Crippen LogP contribution in [0.5, 0.6) is 0 Å². The number of anilines is 1. The van der Waals surface area contributed by atoms with Crippen LogP contribution in [-0.2, 0) is 17.8 Å². The minimum atomic E-state index is 0.258. The van der Waals surface area contributed by atoms with Gasteiger partial charge in [-0.15, -0.1) is 10.2 Å². The average Bonchev–Trinajstić information content (AvgIpc) is 3.36. The lowest BCUT2D eigenvalue weighted by Gasteiger charge is -2.07. The van der Waals surface area contributed by atoms with Gasteiger partial charge >= 0.3 is 0 Å². The number of hydrogen-bond donors (Lipinski definition) is 1. The normalized spacial score (nSPS) is 17.2. The highest BCUT2D eigenvalue weighted by molar-refractivity contribution is 5.34. The Morgan fingerprint density at radius 3 is 3.04 bits per heavy atom. The number of aromatic nitrogens is 7. The Balaban J connectivity index is 1.34. The van der Waals surface area contributed by atoms with Crippen molar-refractivity contribution >= 4 is 5.82 Å². The van der Waals surface area contributed by atoms with Crippen LogP contribution in [0.15, 0.2) is 36.9 Å². The Morgan fingerprint density at radius 1 is 1.29 bits per heavy atom. The van der Waals surface area contributed by atoms with Gasteiger partial charge in [-0.1, -0.05) is 5.21 Å². The first-order valence-electron chi connectivity index (χ1n) is 7.94. The van der Waals surface area contributed by atoms with E-state index in [1.165, 1.54) is 0 Å². The Kier molecular flexibility index (Phi) is 4.15. The van der Waals surface area contributed by atoms with Crippen LogP contribution in [0.3, 0.4) is 0 Å². The van der Waals surface area contributed by atoms with Gasteiger partial charge in [-0.25, -0.2) is 19.3 Å². The van der Waals surface area contributed by atoms with Gasteiger partial charge < -0.3 is 10.1 Å². The fourth-order valence-electron chi connectivity index (χ4n) is 2.63. The van der Waals surface area contributed by atoms with Gasteiger partial charge in [0.05, 0.1) is 25.4 Å². The topological polar surface area (TPSA) is 95.6 Å². The molecule has 1 atom stereocenters. The maximum Gasteiger partial charge on any atom is 0.250 e. The molecule has 0 bridgehead atoms. The van der Waals surface area contributed by atoms with E-state index in [-0.39, 0.29) is 6.10 Å². The third-order valence-electron chi connectivity index (χ3n) is 3.80. The molecule has 0 spiro atoms. The highest BCUT2D eigenvalue weighted by Gasteiger charge is 2.16. The van der Waals surface area contributed by atoms with Gasteiger partial charge in [0.15, 0.2) is 0 Å². The van der Waals surface area contributed by atoms with E-state index in [0.717, 1.165) is 37.5 Å². The zero-order valence-electron chi connectivity index (χ0n) is 13.1. The molecule has 0 aliphatic carbocycles. The van der Waals surface area contributed by atoms with Crippen molar-refractivity contribution in [2.75, 3.05) is 11.9 Å². The van der Waals surface area contributed by atoms with Crippen LogP contribution in [0.1, 0.15) is 18.5 Å². The minimum Gasteiger partial charge on any atom is -0.376 e. The number of ether oxygens (including phenoxy) is 1. The van der Waals surface area contributed by atoms with Crippen molar-refractivity contribution < 1.29 is 4.74 Å². The second-order valence-corrected chi connectivity index (χ2v) is 5.61. The maximum atomic E-state index is 5.61. The first kappa shape index (κ1) is 14.8. The molecule has 1 aliphatic rings. The lowest BCUT2D eigenvalue weighted by atomic mass is 10.2. The van der Waals surface area contributed by atoms with Gasteiger partial charge in [-0.3, -0.25) is 0 Å². The number of nitrogens with zero attached hydrogens (tertiary/aromatic N) is 7. The summed E-state index contributed by atoms with van der Waals surface area (Å²) in [6.07, 6.45) is 9.59. The molecule has 1 unspecified atom stereocenters. The largest absolute Gasteiger partial charge is 0.376 e. The molecule has 1 N–H and O–H groups in total. The van der Waals surface area contributed by atoms with Crippen LogP contribution >= 0.6 is 0 Å². The molecular formula is C15H18N8O. The van der Waals surface area contributed by atoms with Gasteiger partial charge in [0.2, 0.25) is 5.95 Å². The van der Waals surface area contributed by atoms with Crippen LogP contribution in [0, 0.1) is 0 Å². The molecule has 1 saturated heterocycles. The Labute approximate surface area is 138 Å². The molecule has 0 aromatic carbocycles. The number of hydrogen-bond acceptors (Lipinski definition) is 7. The second-order valence-electron chi connectivity index (χ2n) is 5.61. The summed E-state index contributed by atoms with van der Waals surface area (Å²) in [5, 5.41) is 15.9. The third kappa shape index (κ3) is 3.40. The molecule has 9 nitrogen and oxygen atoms in total. The fraction of sp³-hybridized carbons (Fsp3) is 0.400. The van der Waals surface area contributed by atoms with E-state index in [1.807, 2.05) is 23.1 Å². The number of rotatable bonds is 6. The minimum absolute atomic E-state index is 0.258. The van der Waals surface area contributed by atoms with Crippen LogP contribution < -0.4 is 5.32 Å². The zero-order chi connectivity index (χ0) is 16.2. The summed E-state index contributed by atoms with van der Waals surface area (Å²) in [6.45, 7) is 2.16. The lowest BCUT2D eigenvalue weighted by molar-refractivity contribution is 0.0935. The summed E-state index contributed by atoms with van der Waals surface area (Å²) in [6, 6.07) is 3.64. The molecule has 24 heavy (non-hydrogen) atoms. The summed E-state index contributed by atoms with van der Waals surface area (Å²) in [4.78, 5) is 8.31. The lowest BCUT2D eigenvalue weighted by Crippen LogP contribution is -2.15. The van der Waals surface area contributed by atoms with Crippen molar-refractivity contribution in [2.45, 2.75) is 32.0 Å². The van der Waals surface area contributed by atoms with Gasteiger partial charge in [-0.2, -0.15) is 0 Å². The molecule has 3 aromatic rings. The van der Waals surface area contributed by atoms with E-state index in [4.69, 9.17) is 4.74 Å². The molecule has 1 aliphatic heterocycles. The quantitative estimate of drug-likeness (QED) is 0.723. The van der Waals surface area contributed by atoms with Crippen molar-refractivity contribution in [3.8, 4) is 5.95 Å². The first-order valence-corrected chi connectivity index (χ1v) is 7.94. The monoisotopic (exact) mass is 326 g/mol. The smallest absolute Gasteiger partial charge is 0.250 e. The SMILES string of the molecule is c1cnc(-n2ccc(NCc3cn(CC4CCCO4)nn3)n2)nc1. The molecule has 124 valence electrons. The van der Waals surface area contributed by atoms with E-state index in [2.05, 4.69) is 30.7 Å². The average molecular weight is 326 g/mol. The molecular weight excluding hydrogens is 308 g/mol. The molecule has 0 saturated carbocycles.